The molecule has 0 saturated carbocycles. The number of aromatic amines is 1. The largest absolute Gasteiger partial charge is 0.492 e. The predicted octanol–water partition coefficient (Wildman–Crippen LogP) is 3.65. The third-order valence-electron chi connectivity index (χ3n) is 5.32. The lowest BCUT2D eigenvalue weighted by molar-refractivity contribution is 0.172. The van der Waals surface area contributed by atoms with E-state index in [1.165, 1.54) is 12.1 Å². The van der Waals surface area contributed by atoms with Crippen molar-refractivity contribution in [2.24, 2.45) is 0 Å². The van der Waals surface area contributed by atoms with Gasteiger partial charge in [-0.2, -0.15) is 5.10 Å². The molecular weight excluding hydrogens is 478 g/mol. The van der Waals surface area contributed by atoms with Crippen LogP contribution in [0, 0.1) is 18.6 Å². The molecular formula is C24H24F2N4O4S. The molecule has 0 aliphatic heterocycles. The van der Waals surface area contributed by atoms with E-state index < -0.39 is 32.7 Å². The molecule has 184 valence electrons. The molecule has 4 rings (SSSR count). The summed E-state index contributed by atoms with van der Waals surface area (Å²) in [5.41, 5.74) is 2.36. The van der Waals surface area contributed by atoms with Crippen molar-refractivity contribution in [3.8, 4) is 5.75 Å². The first kappa shape index (κ1) is 24.6. The van der Waals surface area contributed by atoms with Crippen molar-refractivity contribution in [1.82, 2.24) is 15.5 Å². The Morgan fingerprint density at radius 2 is 1.94 bits per heavy atom. The van der Waals surface area contributed by atoms with Gasteiger partial charge < -0.3 is 15.2 Å². The third kappa shape index (κ3) is 5.94. The van der Waals surface area contributed by atoms with Gasteiger partial charge in [0.2, 0.25) is 0 Å². The molecule has 4 N–H and O–H groups in total. The van der Waals surface area contributed by atoms with Crippen molar-refractivity contribution in [3.63, 3.8) is 0 Å². The van der Waals surface area contributed by atoms with Crippen LogP contribution in [0.3, 0.4) is 0 Å². The van der Waals surface area contributed by atoms with Gasteiger partial charge in [-0.1, -0.05) is 12.1 Å². The summed E-state index contributed by atoms with van der Waals surface area (Å²) in [5, 5.41) is 21.7. The molecule has 0 amide bonds. The Kier molecular flexibility index (Phi) is 7.29. The molecule has 0 aliphatic rings. The number of ether oxygens (including phenoxy) is 1. The van der Waals surface area contributed by atoms with E-state index in [9.17, 15) is 22.3 Å². The van der Waals surface area contributed by atoms with Gasteiger partial charge in [0.25, 0.3) is 10.0 Å². The van der Waals surface area contributed by atoms with Crippen LogP contribution in [0.4, 0.5) is 14.5 Å². The molecule has 0 radical (unpaired) electrons. The molecule has 0 fully saturated rings. The Morgan fingerprint density at radius 3 is 2.77 bits per heavy atom. The average molecular weight is 503 g/mol. The maximum atomic E-state index is 13.9. The van der Waals surface area contributed by atoms with Gasteiger partial charge in [-0.25, -0.2) is 17.2 Å². The molecule has 11 heteroatoms. The van der Waals surface area contributed by atoms with Crippen LogP contribution in [0.2, 0.25) is 0 Å². The highest BCUT2D eigenvalue weighted by atomic mass is 32.2. The van der Waals surface area contributed by atoms with Crippen LogP contribution in [-0.2, 0) is 10.0 Å². The standard InChI is InChI=1S/C24H24F2N4O4S/c1-15-20-7-6-19(13-22(20)29-28-15)34-10-9-27-14-23(31)16-3-2-4-18(11-16)30-35(32,33)24-12-17(25)5-8-21(24)26/h2-8,11-13,23,27,30-31H,9-10,14H2,1H3,(H,28,29)/t23-/m0/s1. The summed E-state index contributed by atoms with van der Waals surface area (Å²) >= 11 is 0. The number of aryl methyl sites for hydroxylation is 1. The van der Waals surface area contributed by atoms with Gasteiger partial charge in [-0.3, -0.25) is 9.82 Å². The Labute approximate surface area is 201 Å². The summed E-state index contributed by atoms with van der Waals surface area (Å²) in [5.74, 6) is -1.25. The zero-order valence-electron chi connectivity index (χ0n) is 18.8. The van der Waals surface area contributed by atoms with Crippen LogP contribution < -0.4 is 14.8 Å². The van der Waals surface area contributed by atoms with Crippen molar-refractivity contribution >= 4 is 26.6 Å². The minimum atomic E-state index is -4.36. The van der Waals surface area contributed by atoms with Gasteiger partial charge in [0.15, 0.2) is 0 Å². The first-order valence-corrected chi connectivity index (χ1v) is 12.3. The van der Waals surface area contributed by atoms with Gasteiger partial charge in [-0.15, -0.1) is 0 Å². The molecule has 1 heterocycles. The van der Waals surface area contributed by atoms with E-state index in [4.69, 9.17) is 4.74 Å². The minimum Gasteiger partial charge on any atom is -0.492 e. The van der Waals surface area contributed by atoms with Crippen LogP contribution in [-0.4, -0.2) is 43.4 Å². The average Bonchev–Trinajstić information content (AvgIpc) is 3.20. The summed E-state index contributed by atoms with van der Waals surface area (Å²) in [6.07, 6.45) is -0.935. The van der Waals surface area contributed by atoms with Crippen molar-refractivity contribution in [2.45, 2.75) is 17.9 Å². The molecule has 3 aromatic carbocycles. The summed E-state index contributed by atoms with van der Waals surface area (Å²) in [6.45, 7) is 2.94. The fraction of sp³-hybridized carbons (Fsp3) is 0.208. The maximum Gasteiger partial charge on any atom is 0.264 e. The molecule has 1 atom stereocenters. The number of H-pyrrole nitrogens is 1. The van der Waals surface area contributed by atoms with Crippen molar-refractivity contribution in [3.05, 3.63) is 83.6 Å². The van der Waals surface area contributed by atoms with Gasteiger partial charge in [0.1, 0.15) is 28.9 Å². The molecule has 0 unspecified atom stereocenters. The second kappa shape index (κ2) is 10.4. The molecule has 1 aromatic heterocycles. The lowest BCUT2D eigenvalue weighted by Gasteiger charge is -2.15. The topological polar surface area (TPSA) is 116 Å². The Morgan fingerprint density at radius 1 is 1.11 bits per heavy atom. The van der Waals surface area contributed by atoms with Crippen LogP contribution in [0.1, 0.15) is 17.4 Å². The zero-order chi connectivity index (χ0) is 25.0. The van der Waals surface area contributed by atoms with E-state index in [0.29, 0.717) is 30.5 Å². The van der Waals surface area contributed by atoms with Gasteiger partial charge in [0, 0.05) is 30.2 Å². The summed E-state index contributed by atoms with van der Waals surface area (Å²) < 4.78 is 60.2. The summed E-state index contributed by atoms with van der Waals surface area (Å²) in [6, 6.07) is 13.9. The molecule has 4 aromatic rings. The van der Waals surface area contributed by atoms with E-state index in [1.54, 1.807) is 12.1 Å². The molecule has 0 saturated heterocycles. The van der Waals surface area contributed by atoms with Crippen LogP contribution in [0.25, 0.3) is 10.9 Å². The number of sulfonamides is 1. The molecule has 0 bridgehead atoms. The highest BCUT2D eigenvalue weighted by Gasteiger charge is 2.20. The fourth-order valence-corrected chi connectivity index (χ4v) is 4.67. The smallest absolute Gasteiger partial charge is 0.264 e. The van der Waals surface area contributed by atoms with Crippen LogP contribution in [0.5, 0.6) is 5.75 Å². The number of hydrogen-bond acceptors (Lipinski definition) is 6. The van der Waals surface area contributed by atoms with E-state index in [2.05, 4.69) is 20.2 Å². The number of nitrogens with one attached hydrogen (secondary N) is 3. The molecule has 35 heavy (non-hydrogen) atoms. The van der Waals surface area contributed by atoms with Crippen LogP contribution in [0.15, 0.2) is 65.6 Å². The van der Waals surface area contributed by atoms with Gasteiger partial charge in [0.05, 0.1) is 17.3 Å². The molecule has 0 spiro atoms. The summed E-state index contributed by atoms with van der Waals surface area (Å²) in [4.78, 5) is -0.799. The molecule has 0 aliphatic carbocycles. The van der Waals surface area contributed by atoms with E-state index in [-0.39, 0.29) is 12.2 Å². The Hall–Kier alpha value is -3.54. The number of aliphatic hydroxyl groups excluding tert-OH is 1. The number of aromatic nitrogens is 2. The van der Waals surface area contributed by atoms with E-state index in [1.807, 2.05) is 25.1 Å². The van der Waals surface area contributed by atoms with Gasteiger partial charge >= 0.3 is 0 Å². The normalized spacial score (nSPS) is 12.6. The first-order chi connectivity index (χ1) is 16.7. The second-order valence-corrected chi connectivity index (χ2v) is 9.54. The number of aliphatic hydroxyl groups is 1. The first-order valence-electron chi connectivity index (χ1n) is 10.8. The minimum absolute atomic E-state index is 0.109. The number of rotatable bonds is 10. The summed E-state index contributed by atoms with van der Waals surface area (Å²) in [7, 11) is -4.36. The predicted molar refractivity (Wildman–Crippen MR) is 128 cm³/mol. The fourth-order valence-electron chi connectivity index (χ4n) is 3.53. The van der Waals surface area contributed by atoms with Gasteiger partial charge in [-0.05, 0) is 55.0 Å². The SMILES string of the molecule is Cc1n[nH]c2cc(OCCNC[C@H](O)c3cccc(NS(=O)(=O)c4cc(F)ccc4F)c3)ccc12. The quantitative estimate of drug-likeness (QED) is 0.246. The number of benzene rings is 3. The van der Waals surface area contributed by atoms with Crippen LogP contribution >= 0.6 is 0 Å². The zero-order valence-corrected chi connectivity index (χ0v) is 19.6. The monoisotopic (exact) mass is 502 g/mol. The Bertz CT molecular complexity index is 1440. The molecule has 8 nitrogen and oxygen atoms in total. The van der Waals surface area contributed by atoms with E-state index in [0.717, 1.165) is 28.7 Å². The van der Waals surface area contributed by atoms with Crippen molar-refractivity contribution in [2.75, 3.05) is 24.4 Å². The third-order valence-corrected chi connectivity index (χ3v) is 6.71. The Balaban J connectivity index is 1.29. The number of anilines is 1. The highest BCUT2D eigenvalue weighted by Crippen LogP contribution is 2.23. The number of halogens is 2. The van der Waals surface area contributed by atoms with E-state index >= 15 is 0 Å². The maximum absolute atomic E-state index is 13.9. The number of nitrogens with zero attached hydrogens (tertiary/aromatic N) is 1. The number of fused-ring (bicyclic) bond motifs is 1. The van der Waals surface area contributed by atoms with Crippen molar-refractivity contribution in [1.29, 1.82) is 0 Å². The second-order valence-electron chi connectivity index (χ2n) is 7.89. The highest BCUT2D eigenvalue weighted by molar-refractivity contribution is 7.92. The lowest BCUT2D eigenvalue weighted by atomic mass is 10.1. The lowest BCUT2D eigenvalue weighted by Crippen LogP contribution is -2.26. The number of hydrogen-bond donors (Lipinski definition) is 4. The van der Waals surface area contributed by atoms with Crippen molar-refractivity contribution < 1.29 is 27.0 Å².